The van der Waals surface area contributed by atoms with E-state index >= 15 is 0 Å². The van der Waals surface area contributed by atoms with Gasteiger partial charge < -0.3 is 15.0 Å². The van der Waals surface area contributed by atoms with Gasteiger partial charge in [0, 0.05) is 30.6 Å². The Bertz CT molecular complexity index is 1130. The van der Waals surface area contributed by atoms with Crippen LogP contribution >= 0.6 is 11.3 Å². The molecule has 1 aromatic heterocycles. The second-order valence-corrected chi connectivity index (χ2v) is 8.74. The third kappa shape index (κ3) is 4.59. The normalized spacial score (nSPS) is 15.9. The molecule has 1 aliphatic rings. The molecular weight excluding hydrogens is 412 g/mol. The number of nitrogens with one attached hydrogen (secondary N) is 1. The number of hydrogen-bond acceptors (Lipinski definition) is 6. The fourth-order valence-corrected chi connectivity index (χ4v) is 4.58. The fraction of sp³-hybridized carbons (Fsp3) is 0.304. The first kappa shape index (κ1) is 21.0. The number of nitrogens with zero attached hydrogens (tertiary/aromatic N) is 3. The van der Waals surface area contributed by atoms with Crippen molar-refractivity contribution in [2.45, 2.75) is 26.7 Å². The topological polar surface area (TPSA) is 84.4 Å². The van der Waals surface area contributed by atoms with Crippen LogP contribution in [-0.4, -0.2) is 35.7 Å². The highest BCUT2D eigenvalue weighted by molar-refractivity contribution is 7.15. The predicted molar refractivity (Wildman–Crippen MR) is 121 cm³/mol. The van der Waals surface area contributed by atoms with Crippen LogP contribution in [0.15, 0.2) is 42.5 Å². The van der Waals surface area contributed by atoms with E-state index in [2.05, 4.69) is 15.5 Å². The molecule has 3 aromatic rings. The number of methoxy groups -OCH3 is 1. The molecule has 8 heteroatoms. The quantitative estimate of drug-likeness (QED) is 0.636. The zero-order chi connectivity index (χ0) is 22.0. The van der Waals surface area contributed by atoms with E-state index in [9.17, 15) is 9.59 Å². The molecule has 2 heterocycles. The zero-order valence-electron chi connectivity index (χ0n) is 17.7. The first-order chi connectivity index (χ1) is 14.9. The molecule has 7 nitrogen and oxygen atoms in total. The molecule has 2 amide bonds. The van der Waals surface area contributed by atoms with Crippen LogP contribution in [0.4, 0.5) is 10.8 Å². The van der Waals surface area contributed by atoms with Crippen molar-refractivity contribution in [2.75, 3.05) is 23.9 Å². The van der Waals surface area contributed by atoms with E-state index in [-0.39, 0.29) is 18.2 Å². The Morgan fingerprint density at radius 1 is 1.23 bits per heavy atom. The van der Waals surface area contributed by atoms with Gasteiger partial charge >= 0.3 is 0 Å². The number of rotatable bonds is 6. The van der Waals surface area contributed by atoms with Crippen molar-refractivity contribution < 1.29 is 14.3 Å². The summed E-state index contributed by atoms with van der Waals surface area (Å²) in [6.45, 7) is 4.36. The van der Waals surface area contributed by atoms with Gasteiger partial charge in [0.15, 0.2) is 0 Å². The lowest BCUT2D eigenvalue weighted by Crippen LogP contribution is -2.28. The average Bonchev–Trinajstić information content (AvgIpc) is 3.35. The predicted octanol–water partition coefficient (Wildman–Crippen LogP) is 3.75. The molecule has 160 valence electrons. The third-order valence-electron chi connectivity index (χ3n) is 5.37. The molecule has 0 radical (unpaired) electrons. The van der Waals surface area contributed by atoms with Gasteiger partial charge in [-0.3, -0.25) is 9.59 Å². The van der Waals surface area contributed by atoms with Crippen LogP contribution in [0.5, 0.6) is 5.75 Å². The highest BCUT2D eigenvalue weighted by Crippen LogP contribution is 2.30. The summed E-state index contributed by atoms with van der Waals surface area (Å²) >= 11 is 1.33. The van der Waals surface area contributed by atoms with Crippen molar-refractivity contribution >= 4 is 34.0 Å². The second-order valence-electron chi connectivity index (χ2n) is 7.67. The Balaban J connectivity index is 1.40. The Hall–Kier alpha value is -3.26. The summed E-state index contributed by atoms with van der Waals surface area (Å²) in [5.74, 6) is 0.121. The minimum Gasteiger partial charge on any atom is -0.496 e. The Labute approximate surface area is 185 Å². The van der Waals surface area contributed by atoms with E-state index in [1.807, 2.05) is 56.3 Å². The molecule has 31 heavy (non-hydrogen) atoms. The summed E-state index contributed by atoms with van der Waals surface area (Å²) in [5.41, 5.74) is 4.03. The van der Waals surface area contributed by atoms with Crippen LogP contribution in [0.2, 0.25) is 0 Å². The Morgan fingerprint density at radius 2 is 2.03 bits per heavy atom. The summed E-state index contributed by atoms with van der Waals surface area (Å²) in [6.07, 6.45) is 0.756. The third-order valence-corrected chi connectivity index (χ3v) is 6.21. The molecule has 1 aliphatic heterocycles. The van der Waals surface area contributed by atoms with E-state index in [0.29, 0.717) is 18.1 Å². The second kappa shape index (κ2) is 8.85. The largest absolute Gasteiger partial charge is 0.496 e. The Morgan fingerprint density at radius 3 is 2.81 bits per heavy atom. The molecule has 1 saturated heterocycles. The van der Waals surface area contributed by atoms with Gasteiger partial charge in [-0.2, -0.15) is 0 Å². The molecular formula is C23H24N4O3S. The maximum absolute atomic E-state index is 12.8. The number of ether oxygens (including phenoxy) is 1. The molecule has 0 aliphatic carbocycles. The van der Waals surface area contributed by atoms with E-state index in [1.165, 1.54) is 11.3 Å². The van der Waals surface area contributed by atoms with E-state index < -0.39 is 5.92 Å². The van der Waals surface area contributed by atoms with Crippen LogP contribution in [0, 0.1) is 19.8 Å². The smallest absolute Gasteiger partial charge is 0.231 e. The molecule has 1 fully saturated rings. The molecule has 0 bridgehead atoms. The first-order valence-electron chi connectivity index (χ1n) is 10.1. The lowest BCUT2D eigenvalue weighted by atomic mass is 10.1. The molecule has 2 aromatic carbocycles. The minimum atomic E-state index is -0.422. The van der Waals surface area contributed by atoms with Gasteiger partial charge in [-0.25, -0.2) is 0 Å². The van der Waals surface area contributed by atoms with Crippen LogP contribution in [0.25, 0.3) is 0 Å². The number of carbonyl (C=O) groups excluding carboxylic acids is 2. The summed E-state index contributed by atoms with van der Waals surface area (Å²) in [6, 6.07) is 13.7. The molecule has 4 rings (SSSR count). The van der Waals surface area contributed by atoms with Gasteiger partial charge in [0.05, 0.1) is 13.0 Å². The van der Waals surface area contributed by atoms with E-state index in [1.54, 1.807) is 12.0 Å². The van der Waals surface area contributed by atoms with Crippen molar-refractivity contribution in [3.63, 3.8) is 0 Å². The fourth-order valence-electron chi connectivity index (χ4n) is 3.82. The van der Waals surface area contributed by atoms with Crippen LogP contribution in [0.3, 0.4) is 0 Å². The number of para-hydroxylation sites is 1. The lowest BCUT2D eigenvalue weighted by molar-refractivity contribution is -0.122. The molecule has 0 spiro atoms. The van der Waals surface area contributed by atoms with Gasteiger partial charge in [-0.05, 0) is 31.5 Å². The maximum atomic E-state index is 12.8. The van der Waals surface area contributed by atoms with Gasteiger partial charge in [-0.15, -0.1) is 10.2 Å². The SMILES string of the molecule is COc1ccccc1Cc1nnc(NC(=O)C2CC(=O)N(c3ccc(C)cc3C)C2)s1. The number of aromatic nitrogens is 2. The monoisotopic (exact) mass is 436 g/mol. The number of aryl methyl sites for hydroxylation is 2. The number of carbonyl (C=O) groups is 2. The summed E-state index contributed by atoms with van der Waals surface area (Å²) < 4.78 is 5.38. The van der Waals surface area contributed by atoms with Crippen molar-refractivity contribution in [1.82, 2.24) is 10.2 Å². The summed E-state index contributed by atoms with van der Waals surface area (Å²) in [4.78, 5) is 27.0. The van der Waals surface area contributed by atoms with Crippen molar-refractivity contribution in [3.8, 4) is 5.75 Å². The van der Waals surface area contributed by atoms with E-state index in [0.717, 1.165) is 33.1 Å². The number of amides is 2. The average molecular weight is 437 g/mol. The summed E-state index contributed by atoms with van der Waals surface area (Å²) in [5, 5.41) is 12.3. The van der Waals surface area contributed by atoms with Gasteiger partial charge in [0.1, 0.15) is 10.8 Å². The Kier molecular flexibility index (Phi) is 5.99. The molecule has 0 saturated carbocycles. The highest BCUT2D eigenvalue weighted by Gasteiger charge is 2.36. The molecule has 1 atom stereocenters. The number of hydrogen-bond donors (Lipinski definition) is 1. The lowest BCUT2D eigenvalue weighted by Gasteiger charge is -2.19. The maximum Gasteiger partial charge on any atom is 0.231 e. The van der Waals surface area contributed by atoms with Crippen LogP contribution in [-0.2, 0) is 16.0 Å². The first-order valence-corrected chi connectivity index (χ1v) is 10.9. The van der Waals surface area contributed by atoms with Crippen molar-refractivity contribution in [3.05, 3.63) is 64.2 Å². The minimum absolute atomic E-state index is 0.0405. The van der Waals surface area contributed by atoms with Crippen molar-refractivity contribution in [2.24, 2.45) is 5.92 Å². The van der Waals surface area contributed by atoms with Crippen LogP contribution < -0.4 is 15.0 Å². The van der Waals surface area contributed by atoms with Gasteiger partial charge in [0.2, 0.25) is 16.9 Å². The van der Waals surface area contributed by atoms with E-state index in [4.69, 9.17) is 4.74 Å². The summed E-state index contributed by atoms with van der Waals surface area (Å²) in [7, 11) is 1.63. The zero-order valence-corrected chi connectivity index (χ0v) is 18.5. The van der Waals surface area contributed by atoms with Crippen molar-refractivity contribution in [1.29, 1.82) is 0 Å². The number of benzene rings is 2. The van der Waals surface area contributed by atoms with Crippen LogP contribution in [0.1, 0.15) is 28.1 Å². The molecule has 1 unspecified atom stereocenters. The van der Waals surface area contributed by atoms with Gasteiger partial charge in [0.25, 0.3) is 0 Å². The molecule has 1 N–H and O–H groups in total. The van der Waals surface area contributed by atoms with Gasteiger partial charge in [-0.1, -0.05) is 47.2 Å². The highest BCUT2D eigenvalue weighted by atomic mass is 32.1. The standard InChI is InChI=1S/C23H24N4O3S/c1-14-8-9-18(15(2)10-14)27-13-17(12-21(27)28)22(29)24-23-26-25-20(31-23)11-16-6-4-5-7-19(16)30-3/h4-10,17H,11-13H2,1-3H3,(H,24,26,29). The number of anilines is 2.